The lowest BCUT2D eigenvalue weighted by atomic mass is 10.2. The van der Waals surface area contributed by atoms with E-state index in [0.29, 0.717) is 6.04 Å². The second kappa shape index (κ2) is 6.33. The van der Waals surface area contributed by atoms with E-state index < -0.39 is 0 Å². The molecule has 1 aromatic heterocycles. The number of likely N-dealkylation sites (N-methyl/N-ethyl adjacent to an activating group) is 1. The van der Waals surface area contributed by atoms with Gasteiger partial charge in [0.25, 0.3) is 0 Å². The predicted octanol–water partition coefficient (Wildman–Crippen LogP) is 1.38. The lowest BCUT2D eigenvalue weighted by Gasteiger charge is -2.21. The van der Waals surface area contributed by atoms with Gasteiger partial charge >= 0.3 is 0 Å². The molecule has 1 N–H and O–H groups in total. The normalized spacial score (nSPS) is 20.1. The van der Waals surface area contributed by atoms with Crippen LogP contribution in [-0.2, 0) is 6.54 Å². The Bertz CT molecular complexity index is 352. The number of nitrogens with one attached hydrogen (secondary N) is 1. The molecule has 17 heavy (non-hydrogen) atoms. The largest absolute Gasteiger partial charge is 0.313 e. The summed E-state index contributed by atoms with van der Waals surface area (Å²) < 4.78 is 0. The number of aromatic nitrogens is 2. The molecule has 1 aliphatic heterocycles. The van der Waals surface area contributed by atoms with Crippen LogP contribution in [0, 0.1) is 0 Å². The van der Waals surface area contributed by atoms with Crippen LogP contribution >= 0.6 is 11.8 Å². The fourth-order valence-electron chi connectivity index (χ4n) is 2.24. The van der Waals surface area contributed by atoms with Gasteiger partial charge in [-0.2, -0.15) is 0 Å². The fraction of sp³-hybridized carbons (Fsp3) is 0.667. The van der Waals surface area contributed by atoms with E-state index in [4.69, 9.17) is 0 Å². The summed E-state index contributed by atoms with van der Waals surface area (Å²) in [6, 6.07) is 0.648. The van der Waals surface area contributed by atoms with Gasteiger partial charge < -0.3 is 5.32 Å². The van der Waals surface area contributed by atoms with E-state index in [1.54, 1.807) is 24.2 Å². The summed E-state index contributed by atoms with van der Waals surface area (Å²) in [5.74, 6) is 0. The summed E-state index contributed by atoms with van der Waals surface area (Å²) in [5, 5.41) is 4.56. The number of nitrogens with zero attached hydrogens (tertiary/aromatic N) is 3. The minimum Gasteiger partial charge on any atom is -0.313 e. The number of hydrogen-bond acceptors (Lipinski definition) is 5. The first kappa shape index (κ1) is 12.8. The molecule has 0 radical (unpaired) electrons. The van der Waals surface area contributed by atoms with Crippen LogP contribution in [0.1, 0.15) is 18.5 Å². The summed E-state index contributed by atoms with van der Waals surface area (Å²) in [7, 11) is 2.15. The van der Waals surface area contributed by atoms with E-state index in [1.807, 2.05) is 6.26 Å². The van der Waals surface area contributed by atoms with Gasteiger partial charge in [-0.15, -0.1) is 11.8 Å². The first-order chi connectivity index (χ1) is 8.29. The highest BCUT2D eigenvalue weighted by atomic mass is 32.2. The third-order valence-corrected chi connectivity index (χ3v) is 3.77. The molecular formula is C12H20N4S. The molecule has 0 spiro atoms. The van der Waals surface area contributed by atoms with E-state index in [2.05, 4.69) is 27.2 Å². The molecule has 0 aliphatic carbocycles. The summed E-state index contributed by atoms with van der Waals surface area (Å²) in [4.78, 5) is 11.1. The van der Waals surface area contributed by atoms with Gasteiger partial charge in [-0.3, -0.25) is 9.88 Å². The Balaban J connectivity index is 1.90. The summed E-state index contributed by atoms with van der Waals surface area (Å²) in [5.41, 5.74) is 1.08. The van der Waals surface area contributed by atoms with Crippen molar-refractivity contribution in [3.05, 3.63) is 18.1 Å². The van der Waals surface area contributed by atoms with Crippen LogP contribution in [-0.4, -0.2) is 47.3 Å². The van der Waals surface area contributed by atoms with E-state index in [0.717, 1.165) is 23.8 Å². The average molecular weight is 252 g/mol. The van der Waals surface area contributed by atoms with Crippen molar-refractivity contribution in [2.24, 2.45) is 0 Å². The Morgan fingerprint density at radius 2 is 2.29 bits per heavy atom. The lowest BCUT2D eigenvalue weighted by molar-refractivity contribution is 0.287. The van der Waals surface area contributed by atoms with Crippen molar-refractivity contribution < 1.29 is 0 Å². The first-order valence-electron chi connectivity index (χ1n) is 6.05. The van der Waals surface area contributed by atoms with Crippen LogP contribution in [0.3, 0.4) is 0 Å². The maximum absolute atomic E-state index is 4.42. The monoisotopic (exact) mass is 252 g/mol. The molecule has 1 atom stereocenters. The molecule has 2 rings (SSSR count). The molecule has 2 heterocycles. The van der Waals surface area contributed by atoms with E-state index in [-0.39, 0.29) is 0 Å². The quantitative estimate of drug-likeness (QED) is 0.802. The van der Waals surface area contributed by atoms with Gasteiger partial charge in [-0.25, -0.2) is 4.98 Å². The zero-order valence-electron chi connectivity index (χ0n) is 10.5. The average Bonchev–Trinajstić information content (AvgIpc) is 2.82. The zero-order valence-corrected chi connectivity index (χ0v) is 11.3. The molecule has 1 saturated heterocycles. The molecule has 0 aromatic carbocycles. The van der Waals surface area contributed by atoms with Gasteiger partial charge in [0.15, 0.2) is 0 Å². The Morgan fingerprint density at radius 1 is 1.47 bits per heavy atom. The topological polar surface area (TPSA) is 41.1 Å². The van der Waals surface area contributed by atoms with E-state index in [9.17, 15) is 0 Å². The van der Waals surface area contributed by atoms with Crippen LogP contribution in [0.15, 0.2) is 17.4 Å². The third kappa shape index (κ3) is 3.66. The van der Waals surface area contributed by atoms with Gasteiger partial charge in [0.1, 0.15) is 5.03 Å². The lowest BCUT2D eigenvalue weighted by Crippen LogP contribution is -2.35. The molecule has 0 amide bonds. The van der Waals surface area contributed by atoms with Crippen molar-refractivity contribution in [2.75, 3.05) is 26.4 Å². The molecule has 1 aromatic rings. The first-order valence-corrected chi connectivity index (χ1v) is 7.28. The minimum absolute atomic E-state index is 0.648. The van der Waals surface area contributed by atoms with Gasteiger partial charge in [0.2, 0.25) is 0 Å². The standard InChI is InChI=1S/C12H20N4S/c1-16(8-10-4-3-5-13-10)9-11-12(17-2)15-7-6-14-11/h6-7,10,13H,3-5,8-9H2,1-2H3. The van der Waals surface area contributed by atoms with Crippen LogP contribution in [0.4, 0.5) is 0 Å². The van der Waals surface area contributed by atoms with E-state index >= 15 is 0 Å². The maximum atomic E-state index is 4.42. The van der Waals surface area contributed by atoms with Crippen molar-refractivity contribution in [1.29, 1.82) is 0 Å². The van der Waals surface area contributed by atoms with Crippen LogP contribution in [0.25, 0.3) is 0 Å². The Hall–Kier alpha value is -0.650. The molecule has 0 saturated carbocycles. The smallest absolute Gasteiger partial charge is 0.119 e. The molecule has 1 aliphatic rings. The molecule has 1 unspecified atom stereocenters. The molecule has 4 nitrogen and oxygen atoms in total. The van der Waals surface area contributed by atoms with Crippen molar-refractivity contribution >= 4 is 11.8 Å². The highest BCUT2D eigenvalue weighted by molar-refractivity contribution is 7.98. The Labute approximate surface area is 107 Å². The third-order valence-electron chi connectivity index (χ3n) is 3.04. The predicted molar refractivity (Wildman–Crippen MR) is 71.2 cm³/mol. The summed E-state index contributed by atoms with van der Waals surface area (Å²) in [6.45, 7) is 3.13. The van der Waals surface area contributed by atoms with Crippen LogP contribution in [0.5, 0.6) is 0 Å². The maximum Gasteiger partial charge on any atom is 0.119 e. The second-order valence-corrected chi connectivity index (χ2v) is 5.30. The summed E-state index contributed by atoms with van der Waals surface area (Å²) >= 11 is 1.66. The highest BCUT2D eigenvalue weighted by Gasteiger charge is 2.16. The summed E-state index contributed by atoms with van der Waals surface area (Å²) in [6.07, 6.45) is 8.18. The van der Waals surface area contributed by atoms with Crippen LogP contribution < -0.4 is 5.32 Å². The van der Waals surface area contributed by atoms with Gasteiger partial charge in [0, 0.05) is 31.5 Å². The second-order valence-electron chi connectivity index (χ2n) is 4.50. The molecule has 94 valence electrons. The van der Waals surface area contributed by atoms with Gasteiger partial charge in [-0.1, -0.05) is 0 Å². The van der Waals surface area contributed by atoms with Crippen LogP contribution in [0.2, 0.25) is 0 Å². The highest BCUT2D eigenvalue weighted by Crippen LogP contribution is 2.16. The Kier molecular flexibility index (Phi) is 4.76. The number of thioether (sulfide) groups is 1. The Morgan fingerprint density at radius 3 is 3.00 bits per heavy atom. The molecule has 1 fully saturated rings. The van der Waals surface area contributed by atoms with Crippen molar-refractivity contribution in [3.63, 3.8) is 0 Å². The van der Waals surface area contributed by atoms with E-state index in [1.165, 1.54) is 19.4 Å². The van der Waals surface area contributed by atoms with Gasteiger partial charge in [-0.05, 0) is 32.7 Å². The fourth-order valence-corrected chi connectivity index (χ4v) is 2.76. The minimum atomic E-state index is 0.648. The van der Waals surface area contributed by atoms with Crippen molar-refractivity contribution in [1.82, 2.24) is 20.2 Å². The molecule has 5 heteroatoms. The van der Waals surface area contributed by atoms with Gasteiger partial charge in [0.05, 0.1) is 5.69 Å². The SMILES string of the molecule is CSc1nccnc1CN(C)CC1CCCN1. The van der Waals surface area contributed by atoms with Crippen molar-refractivity contribution in [2.45, 2.75) is 30.5 Å². The van der Waals surface area contributed by atoms with Crippen molar-refractivity contribution in [3.8, 4) is 0 Å². The zero-order chi connectivity index (χ0) is 12.1. The number of rotatable bonds is 5. The molecule has 0 bridgehead atoms. The number of hydrogen-bond donors (Lipinski definition) is 1. The molecular weight excluding hydrogens is 232 g/mol.